The summed E-state index contributed by atoms with van der Waals surface area (Å²) in [7, 11) is 0. The van der Waals surface area contributed by atoms with Crippen molar-refractivity contribution >= 4 is 11.5 Å². The van der Waals surface area contributed by atoms with Gasteiger partial charge in [-0.2, -0.15) is 0 Å². The molecule has 0 spiro atoms. The second-order valence-corrected chi connectivity index (χ2v) is 5.23. The van der Waals surface area contributed by atoms with Gasteiger partial charge in [0.2, 0.25) is 0 Å². The Kier molecular flexibility index (Phi) is 4.16. The smallest absolute Gasteiger partial charge is 0.151 e. The first-order valence-electron chi connectivity index (χ1n) is 7.41. The second kappa shape index (κ2) is 6.42. The zero-order chi connectivity index (χ0) is 13.6. The predicted molar refractivity (Wildman–Crippen MR) is 84.3 cm³/mol. The van der Waals surface area contributed by atoms with Gasteiger partial charge in [-0.15, -0.1) is 0 Å². The van der Waals surface area contributed by atoms with Gasteiger partial charge in [0.15, 0.2) is 5.82 Å². The van der Waals surface area contributed by atoms with Crippen LogP contribution in [0.2, 0.25) is 0 Å². The Labute approximate surface area is 120 Å². The summed E-state index contributed by atoms with van der Waals surface area (Å²) in [4.78, 5) is 6.93. The highest BCUT2D eigenvalue weighted by atomic mass is 15.2. The molecule has 3 rings (SSSR count). The summed E-state index contributed by atoms with van der Waals surface area (Å²) in [5.74, 6) is 1.11. The summed E-state index contributed by atoms with van der Waals surface area (Å²) in [6.45, 7) is 3.20. The molecule has 0 atom stereocenters. The number of nitrogens with one attached hydrogen (secondary N) is 1. The van der Waals surface area contributed by atoms with E-state index in [9.17, 15) is 0 Å². The maximum Gasteiger partial charge on any atom is 0.151 e. The third-order valence-corrected chi connectivity index (χ3v) is 3.76. The van der Waals surface area contributed by atoms with Crippen molar-refractivity contribution in [3.05, 3.63) is 54.2 Å². The number of aromatic nitrogens is 1. The number of anilines is 2. The standard InChI is InChI=1S/C17H21N3/c1-2-7-15(8-3-1)10-12-18-16-9-6-11-19-17(16)20-13-4-5-14-20/h1-3,6-9,11,18H,4-5,10,12-14H2. The molecule has 1 aliphatic heterocycles. The zero-order valence-electron chi connectivity index (χ0n) is 11.8. The summed E-state index contributed by atoms with van der Waals surface area (Å²) < 4.78 is 0. The minimum atomic E-state index is 0.941. The summed E-state index contributed by atoms with van der Waals surface area (Å²) in [6.07, 6.45) is 5.48. The van der Waals surface area contributed by atoms with Crippen molar-refractivity contribution in [1.82, 2.24) is 4.98 Å². The van der Waals surface area contributed by atoms with E-state index in [0.717, 1.165) is 37.6 Å². The Morgan fingerprint density at radius 2 is 1.80 bits per heavy atom. The lowest BCUT2D eigenvalue weighted by Crippen LogP contribution is -2.21. The summed E-state index contributed by atoms with van der Waals surface area (Å²) >= 11 is 0. The molecule has 2 heterocycles. The zero-order valence-corrected chi connectivity index (χ0v) is 11.8. The van der Waals surface area contributed by atoms with Gasteiger partial charge in [0, 0.05) is 25.8 Å². The van der Waals surface area contributed by atoms with E-state index in [1.807, 2.05) is 12.3 Å². The molecular formula is C17H21N3. The van der Waals surface area contributed by atoms with Crippen LogP contribution < -0.4 is 10.2 Å². The molecule has 1 fully saturated rings. The van der Waals surface area contributed by atoms with Crippen LogP contribution in [0.25, 0.3) is 0 Å². The maximum absolute atomic E-state index is 4.55. The van der Waals surface area contributed by atoms with Crippen molar-refractivity contribution in [3.8, 4) is 0 Å². The van der Waals surface area contributed by atoms with E-state index in [2.05, 4.69) is 51.6 Å². The highest BCUT2D eigenvalue weighted by Crippen LogP contribution is 2.25. The van der Waals surface area contributed by atoms with Gasteiger partial charge < -0.3 is 10.2 Å². The van der Waals surface area contributed by atoms with Crippen molar-refractivity contribution in [2.24, 2.45) is 0 Å². The van der Waals surface area contributed by atoms with Crippen molar-refractivity contribution in [1.29, 1.82) is 0 Å². The molecular weight excluding hydrogens is 246 g/mol. The van der Waals surface area contributed by atoms with Crippen LogP contribution >= 0.6 is 0 Å². The molecule has 0 saturated carbocycles. The number of hydrogen-bond donors (Lipinski definition) is 1. The first-order chi connectivity index (χ1) is 9.93. The SMILES string of the molecule is c1ccc(CCNc2cccnc2N2CCCC2)cc1. The van der Waals surface area contributed by atoms with Gasteiger partial charge in [-0.25, -0.2) is 4.98 Å². The fourth-order valence-electron chi connectivity index (χ4n) is 2.70. The van der Waals surface area contributed by atoms with E-state index >= 15 is 0 Å². The normalized spacial score (nSPS) is 14.5. The first kappa shape index (κ1) is 13.0. The van der Waals surface area contributed by atoms with Crippen LogP contribution in [0.4, 0.5) is 11.5 Å². The lowest BCUT2D eigenvalue weighted by molar-refractivity contribution is 0.931. The fraction of sp³-hybridized carbons (Fsp3) is 0.353. The van der Waals surface area contributed by atoms with E-state index in [1.165, 1.54) is 18.4 Å². The highest BCUT2D eigenvalue weighted by Gasteiger charge is 2.16. The molecule has 1 aromatic heterocycles. The van der Waals surface area contributed by atoms with Gasteiger partial charge >= 0.3 is 0 Å². The van der Waals surface area contributed by atoms with Crippen LogP contribution in [0.15, 0.2) is 48.7 Å². The number of nitrogens with zero attached hydrogens (tertiary/aromatic N) is 2. The van der Waals surface area contributed by atoms with Crippen LogP contribution in [0.1, 0.15) is 18.4 Å². The van der Waals surface area contributed by atoms with Gasteiger partial charge in [0.25, 0.3) is 0 Å². The predicted octanol–water partition coefficient (Wildman–Crippen LogP) is 3.34. The molecule has 0 aliphatic carbocycles. The number of rotatable bonds is 5. The minimum absolute atomic E-state index is 0.941. The van der Waals surface area contributed by atoms with Crippen LogP contribution in [-0.2, 0) is 6.42 Å². The summed E-state index contributed by atoms with van der Waals surface area (Å²) in [5.41, 5.74) is 2.52. The largest absolute Gasteiger partial charge is 0.382 e. The van der Waals surface area contributed by atoms with Crippen LogP contribution in [0.3, 0.4) is 0 Å². The molecule has 104 valence electrons. The first-order valence-corrected chi connectivity index (χ1v) is 7.41. The lowest BCUT2D eigenvalue weighted by Gasteiger charge is -2.20. The van der Waals surface area contributed by atoms with E-state index in [1.54, 1.807) is 0 Å². The van der Waals surface area contributed by atoms with Gasteiger partial charge in [-0.1, -0.05) is 30.3 Å². The van der Waals surface area contributed by atoms with Crippen molar-refractivity contribution in [3.63, 3.8) is 0 Å². The van der Waals surface area contributed by atoms with Gasteiger partial charge in [-0.3, -0.25) is 0 Å². The van der Waals surface area contributed by atoms with E-state index < -0.39 is 0 Å². The third-order valence-electron chi connectivity index (χ3n) is 3.76. The average Bonchev–Trinajstić information content (AvgIpc) is 3.03. The molecule has 0 unspecified atom stereocenters. The Morgan fingerprint density at radius 1 is 1.00 bits per heavy atom. The van der Waals surface area contributed by atoms with E-state index in [4.69, 9.17) is 0 Å². The Hall–Kier alpha value is -2.03. The summed E-state index contributed by atoms with van der Waals surface area (Å²) in [6, 6.07) is 14.7. The van der Waals surface area contributed by atoms with Gasteiger partial charge in [0.05, 0.1) is 5.69 Å². The molecule has 1 aliphatic rings. The molecule has 3 nitrogen and oxygen atoms in total. The maximum atomic E-state index is 4.55. The van der Waals surface area contributed by atoms with Crippen molar-refractivity contribution in [2.45, 2.75) is 19.3 Å². The van der Waals surface area contributed by atoms with Crippen LogP contribution in [0, 0.1) is 0 Å². The van der Waals surface area contributed by atoms with Crippen molar-refractivity contribution < 1.29 is 0 Å². The molecule has 0 bridgehead atoms. The van der Waals surface area contributed by atoms with Crippen LogP contribution in [0.5, 0.6) is 0 Å². The Morgan fingerprint density at radius 3 is 2.60 bits per heavy atom. The highest BCUT2D eigenvalue weighted by molar-refractivity contribution is 5.65. The number of hydrogen-bond acceptors (Lipinski definition) is 3. The molecule has 1 N–H and O–H groups in total. The fourth-order valence-corrected chi connectivity index (χ4v) is 2.70. The molecule has 0 radical (unpaired) electrons. The topological polar surface area (TPSA) is 28.2 Å². The molecule has 0 amide bonds. The average molecular weight is 267 g/mol. The minimum Gasteiger partial charge on any atom is -0.382 e. The lowest BCUT2D eigenvalue weighted by atomic mass is 10.1. The van der Waals surface area contributed by atoms with E-state index in [0.29, 0.717) is 0 Å². The van der Waals surface area contributed by atoms with Crippen molar-refractivity contribution in [2.75, 3.05) is 29.9 Å². The number of benzene rings is 1. The molecule has 1 aromatic carbocycles. The summed E-state index contributed by atoms with van der Waals surface area (Å²) in [5, 5.41) is 3.53. The Balaban J connectivity index is 1.62. The van der Waals surface area contributed by atoms with Gasteiger partial charge in [0.1, 0.15) is 0 Å². The van der Waals surface area contributed by atoms with Crippen LogP contribution in [-0.4, -0.2) is 24.6 Å². The second-order valence-electron chi connectivity index (χ2n) is 5.23. The molecule has 1 saturated heterocycles. The Bertz CT molecular complexity index is 533. The molecule has 2 aromatic rings. The van der Waals surface area contributed by atoms with E-state index in [-0.39, 0.29) is 0 Å². The molecule has 20 heavy (non-hydrogen) atoms. The third kappa shape index (κ3) is 3.10. The molecule has 3 heteroatoms. The monoisotopic (exact) mass is 267 g/mol. The quantitative estimate of drug-likeness (QED) is 0.900. The van der Waals surface area contributed by atoms with Gasteiger partial charge in [-0.05, 0) is 37.0 Å². The number of pyridine rings is 1.